The van der Waals surface area contributed by atoms with E-state index in [9.17, 15) is 4.39 Å². The minimum Gasteiger partial charge on any atom is -0.489 e. The first kappa shape index (κ1) is 21.3. The van der Waals surface area contributed by atoms with E-state index in [1.165, 1.54) is 6.07 Å². The highest BCUT2D eigenvalue weighted by molar-refractivity contribution is 5.59. The Kier molecular flexibility index (Phi) is 6.50. The molecule has 3 aromatic rings. The monoisotopic (exact) mass is 428 g/mol. The van der Waals surface area contributed by atoms with Crippen LogP contribution in [-0.2, 0) is 6.42 Å². The van der Waals surface area contributed by atoms with Crippen molar-refractivity contribution >= 4 is 11.5 Å². The molecule has 9 heteroatoms. The lowest BCUT2D eigenvalue weighted by Gasteiger charge is -2.15. The maximum absolute atomic E-state index is 14.8. The number of anilines is 1. The maximum Gasteiger partial charge on any atom is 0.336 e. The highest BCUT2D eigenvalue weighted by Gasteiger charge is 2.23. The molecule has 1 aliphatic rings. The molecular formula is C22H29FN6O2. The highest BCUT2D eigenvalue weighted by atomic mass is 19.1. The van der Waals surface area contributed by atoms with Crippen LogP contribution in [0.5, 0.6) is 11.8 Å². The quantitative estimate of drug-likeness (QED) is 0.524. The standard InChI is InChI=1S/C22H29FN6O2/c1-3-5-10-30-22-26-20(24)21-25-13-16(29(21)27-22)11-15-6-7-17(12-19(15)23)31-18-8-9-28(4-2)14-18/h6-7,12-13,18H,3-5,8-11,14H2,1-2H3,(H2,24,26,27). The number of fused-ring (bicyclic) bond motifs is 1. The van der Waals surface area contributed by atoms with Crippen molar-refractivity contribution in [2.45, 2.75) is 45.6 Å². The third-order valence-electron chi connectivity index (χ3n) is 5.54. The second-order valence-corrected chi connectivity index (χ2v) is 7.82. The summed E-state index contributed by atoms with van der Waals surface area (Å²) in [5.41, 5.74) is 7.67. The molecule has 31 heavy (non-hydrogen) atoms. The number of unbranched alkanes of at least 4 members (excludes halogenated alkanes) is 1. The third kappa shape index (κ3) is 4.87. The largest absolute Gasteiger partial charge is 0.489 e. The SMILES string of the molecule is CCCCOc1nc(N)c2ncc(Cc3ccc(OC4CCN(CC)C4)cc3F)n2n1. The number of likely N-dealkylation sites (tertiary alicyclic amines) is 1. The van der Waals surface area contributed by atoms with Crippen molar-refractivity contribution in [3.05, 3.63) is 41.5 Å². The molecule has 1 fully saturated rings. The minimum absolute atomic E-state index is 0.106. The molecule has 0 radical (unpaired) electrons. The molecule has 4 rings (SSSR count). The van der Waals surface area contributed by atoms with Gasteiger partial charge in [0.05, 0.1) is 18.5 Å². The van der Waals surface area contributed by atoms with Gasteiger partial charge in [-0.25, -0.2) is 13.9 Å². The van der Waals surface area contributed by atoms with Gasteiger partial charge in [0.1, 0.15) is 17.7 Å². The van der Waals surface area contributed by atoms with Gasteiger partial charge in [0.2, 0.25) is 0 Å². The fourth-order valence-electron chi connectivity index (χ4n) is 3.73. The summed E-state index contributed by atoms with van der Waals surface area (Å²) in [7, 11) is 0. The van der Waals surface area contributed by atoms with E-state index in [0.29, 0.717) is 35.7 Å². The first-order chi connectivity index (χ1) is 15.1. The Bertz CT molecular complexity index is 1040. The van der Waals surface area contributed by atoms with Gasteiger partial charge in [-0.05, 0) is 31.0 Å². The van der Waals surface area contributed by atoms with Gasteiger partial charge in [-0.1, -0.05) is 26.3 Å². The zero-order valence-electron chi connectivity index (χ0n) is 18.1. The van der Waals surface area contributed by atoms with Crippen LogP contribution in [0.15, 0.2) is 24.4 Å². The molecule has 0 amide bonds. The number of hydrogen-bond acceptors (Lipinski definition) is 7. The molecule has 1 aromatic carbocycles. The summed E-state index contributed by atoms with van der Waals surface area (Å²) in [5, 5.41) is 4.38. The molecule has 1 atom stereocenters. The molecule has 0 bridgehead atoms. The Morgan fingerprint density at radius 3 is 2.90 bits per heavy atom. The third-order valence-corrected chi connectivity index (χ3v) is 5.54. The van der Waals surface area contributed by atoms with Gasteiger partial charge in [-0.2, -0.15) is 4.98 Å². The minimum atomic E-state index is -0.320. The van der Waals surface area contributed by atoms with E-state index in [0.717, 1.165) is 38.9 Å². The van der Waals surface area contributed by atoms with Crippen LogP contribution in [0.2, 0.25) is 0 Å². The molecule has 8 nitrogen and oxygen atoms in total. The van der Waals surface area contributed by atoms with Crippen LogP contribution in [0.25, 0.3) is 5.65 Å². The van der Waals surface area contributed by atoms with Crippen molar-refractivity contribution in [1.29, 1.82) is 0 Å². The summed E-state index contributed by atoms with van der Waals surface area (Å²) in [6.07, 6.45) is 4.92. The number of imidazole rings is 1. The normalized spacial score (nSPS) is 16.8. The molecule has 0 spiro atoms. The van der Waals surface area contributed by atoms with Gasteiger partial charge in [0, 0.05) is 25.6 Å². The van der Waals surface area contributed by atoms with Gasteiger partial charge in [-0.15, -0.1) is 5.10 Å². The second-order valence-electron chi connectivity index (χ2n) is 7.82. The average Bonchev–Trinajstić information content (AvgIpc) is 3.37. The highest BCUT2D eigenvalue weighted by Crippen LogP contribution is 2.24. The number of rotatable bonds is 9. The van der Waals surface area contributed by atoms with Crippen molar-refractivity contribution in [2.24, 2.45) is 0 Å². The topological polar surface area (TPSA) is 90.8 Å². The first-order valence-electron chi connectivity index (χ1n) is 10.9. The van der Waals surface area contributed by atoms with Crippen LogP contribution in [-0.4, -0.2) is 56.8 Å². The average molecular weight is 429 g/mol. The summed E-state index contributed by atoms with van der Waals surface area (Å²) in [6.45, 7) is 7.63. The molecule has 1 unspecified atom stereocenters. The van der Waals surface area contributed by atoms with Gasteiger partial charge < -0.3 is 15.2 Å². The number of nitrogen functional groups attached to an aromatic ring is 1. The molecular weight excluding hydrogens is 399 g/mol. The van der Waals surface area contributed by atoms with Crippen LogP contribution in [0, 0.1) is 5.82 Å². The molecule has 1 saturated heterocycles. The fraction of sp³-hybridized carbons (Fsp3) is 0.500. The number of aromatic nitrogens is 4. The van der Waals surface area contributed by atoms with E-state index in [1.54, 1.807) is 16.8 Å². The Morgan fingerprint density at radius 2 is 2.16 bits per heavy atom. The summed E-state index contributed by atoms with van der Waals surface area (Å²) in [5.74, 6) is 0.467. The lowest BCUT2D eigenvalue weighted by molar-refractivity contribution is 0.201. The van der Waals surface area contributed by atoms with Crippen LogP contribution in [0.4, 0.5) is 10.2 Å². The van der Waals surface area contributed by atoms with E-state index < -0.39 is 0 Å². The molecule has 166 valence electrons. The summed E-state index contributed by atoms with van der Waals surface area (Å²) in [4.78, 5) is 10.8. The van der Waals surface area contributed by atoms with E-state index in [2.05, 4.69) is 33.8 Å². The van der Waals surface area contributed by atoms with Crippen molar-refractivity contribution in [3.8, 4) is 11.8 Å². The van der Waals surface area contributed by atoms with Crippen molar-refractivity contribution in [3.63, 3.8) is 0 Å². The summed E-state index contributed by atoms with van der Waals surface area (Å²) >= 11 is 0. The molecule has 3 heterocycles. The molecule has 0 saturated carbocycles. The van der Waals surface area contributed by atoms with Gasteiger partial charge in [0.25, 0.3) is 0 Å². The maximum atomic E-state index is 14.8. The zero-order valence-corrected chi connectivity index (χ0v) is 18.1. The Balaban J connectivity index is 1.49. The van der Waals surface area contributed by atoms with Crippen molar-refractivity contribution < 1.29 is 13.9 Å². The fourth-order valence-corrected chi connectivity index (χ4v) is 3.73. The van der Waals surface area contributed by atoms with E-state index in [4.69, 9.17) is 15.2 Å². The van der Waals surface area contributed by atoms with Gasteiger partial charge >= 0.3 is 6.01 Å². The van der Waals surface area contributed by atoms with Gasteiger partial charge in [-0.3, -0.25) is 4.90 Å². The van der Waals surface area contributed by atoms with Crippen LogP contribution < -0.4 is 15.2 Å². The second kappa shape index (κ2) is 9.47. The lowest BCUT2D eigenvalue weighted by Crippen LogP contribution is -2.24. The first-order valence-corrected chi connectivity index (χ1v) is 10.9. The van der Waals surface area contributed by atoms with Crippen LogP contribution >= 0.6 is 0 Å². The number of nitrogens with two attached hydrogens (primary N) is 1. The number of halogens is 1. The Morgan fingerprint density at radius 1 is 1.29 bits per heavy atom. The number of benzene rings is 1. The summed E-state index contributed by atoms with van der Waals surface area (Å²) in [6, 6.07) is 5.22. The number of ether oxygens (including phenoxy) is 2. The predicted octanol–water partition coefficient (Wildman–Crippen LogP) is 3.09. The lowest BCUT2D eigenvalue weighted by atomic mass is 10.1. The Labute approximate surface area is 181 Å². The van der Waals surface area contributed by atoms with E-state index in [1.807, 2.05) is 6.07 Å². The van der Waals surface area contributed by atoms with Crippen LogP contribution in [0.1, 0.15) is 44.4 Å². The predicted molar refractivity (Wildman–Crippen MR) is 116 cm³/mol. The number of likely N-dealkylation sites (N-methyl/N-ethyl adjacent to an activating group) is 1. The number of hydrogen-bond donors (Lipinski definition) is 1. The molecule has 1 aliphatic heterocycles. The van der Waals surface area contributed by atoms with Gasteiger partial charge in [0.15, 0.2) is 11.5 Å². The molecule has 2 N–H and O–H groups in total. The summed E-state index contributed by atoms with van der Waals surface area (Å²) < 4.78 is 28.0. The smallest absolute Gasteiger partial charge is 0.336 e. The molecule has 2 aromatic heterocycles. The van der Waals surface area contributed by atoms with Crippen LogP contribution in [0.3, 0.4) is 0 Å². The Hall–Kier alpha value is -2.94. The van der Waals surface area contributed by atoms with Crippen molar-refractivity contribution in [2.75, 3.05) is 32.0 Å². The molecule has 0 aliphatic carbocycles. The van der Waals surface area contributed by atoms with E-state index in [-0.39, 0.29) is 23.7 Å². The van der Waals surface area contributed by atoms with Crippen molar-refractivity contribution in [1.82, 2.24) is 24.5 Å². The van der Waals surface area contributed by atoms with E-state index >= 15 is 0 Å². The zero-order chi connectivity index (χ0) is 21.8. The number of nitrogens with zero attached hydrogens (tertiary/aromatic N) is 5.